The Hall–Kier alpha value is -2.33. The van der Waals surface area contributed by atoms with Gasteiger partial charge in [0.25, 0.3) is 0 Å². The predicted molar refractivity (Wildman–Crippen MR) is 92.0 cm³/mol. The molecule has 2 aromatic carbocycles. The van der Waals surface area contributed by atoms with Crippen LogP contribution in [0.3, 0.4) is 0 Å². The Morgan fingerprint density at radius 2 is 1.91 bits per heavy atom. The summed E-state index contributed by atoms with van der Waals surface area (Å²) in [6.45, 7) is 4.30. The molecule has 110 valence electrons. The van der Waals surface area contributed by atoms with E-state index in [1.807, 2.05) is 18.2 Å². The van der Waals surface area contributed by atoms with Crippen LogP contribution >= 0.6 is 11.3 Å². The molecule has 0 unspecified atom stereocenters. The van der Waals surface area contributed by atoms with Crippen molar-refractivity contribution in [2.45, 2.75) is 13.8 Å². The second-order valence-electron chi connectivity index (χ2n) is 5.52. The predicted octanol–water partition coefficient (Wildman–Crippen LogP) is 4.84. The summed E-state index contributed by atoms with van der Waals surface area (Å²) in [5.74, 6) is 0.852. The summed E-state index contributed by atoms with van der Waals surface area (Å²) in [6.07, 6.45) is 2.11. The third-order valence-electron chi connectivity index (χ3n) is 4.08. The number of aromatic nitrogens is 2. The second kappa shape index (κ2) is 4.85. The summed E-state index contributed by atoms with van der Waals surface area (Å²) in [5.41, 5.74) is 5.91. The Morgan fingerprint density at radius 1 is 1.09 bits per heavy atom. The molecule has 4 rings (SSSR count). The molecule has 0 bridgehead atoms. The molecule has 3 nitrogen and oxygen atoms in total. The van der Waals surface area contributed by atoms with Crippen molar-refractivity contribution in [1.82, 2.24) is 9.38 Å². The lowest BCUT2D eigenvalue weighted by Crippen LogP contribution is -1.84. The smallest absolute Gasteiger partial charge is 0.195 e. The average Bonchev–Trinajstić information content (AvgIpc) is 3.06. The molecule has 4 aromatic rings. The van der Waals surface area contributed by atoms with Gasteiger partial charge in [-0.1, -0.05) is 23.5 Å². The Balaban J connectivity index is 1.92. The standard InChI is InChI=1S/C18H16N2OS/c1-11-7-16-17(8-12(11)2)22-18-19-15(10-20(16)18)13-5-4-6-14(9-13)21-3/h4-10H,1-3H3. The Bertz CT molecular complexity index is 997. The van der Waals surface area contributed by atoms with Crippen molar-refractivity contribution < 1.29 is 4.74 Å². The zero-order valence-corrected chi connectivity index (χ0v) is 13.6. The lowest BCUT2D eigenvalue weighted by molar-refractivity contribution is 0.415. The summed E-state index contributed by atoms with van der Waals surface area (Å²) in [7, 11) is 1.68. The second-order valence-corrected chi connectivity index (χ2v) is 6.53. The van der Waals surface area contributed by atoms with E-state index >= 15 is 0 Å². The molecule has 2 heterocycles. The third kappa shape index (κ3) is 1.99. The van der Waals surface area contributed by atoms with Crippen molar-refractivity contribution >= 4 is 26.5 Å². The molecule has 0 aliphatic heterocycles. The highest BCUT2D eigenvalue weighted by Gasteiger charge is 2.11. The summed E-state index contributed by atoms with van der Waals surface area (Å²) in [6, 6.07) is 12.5. The molecule has 4 heteroatoms. The van der Waals surface area contributed by atoms with E-state index < -0.39 is 0 Å². The highest BCUT2D eigenvalue weighted by Crippen LogP contribution is 2.31. The first-order valence-electron chi connectivity index (χ1n) is 7.19. The maximum absolute atomic E-state index is 5.30. The SMILES string of the molecule is COc1cccc(-c2cn3c(n2)sc2cc(C)c(C)cc23)c1. The number of fused-ring (bicyclic) bond motifs is 3. The number of rotatable bonds is 2. The van der Waals surface area contributed by atoms with Crippen LogP contribution in [0.5, 0.6) is 5.75 Å². The largest absolute Gasteiger partial charge is 0.497 e. The number of ether oxygens (including phenoxy) is 1. The van der Waals surface area contributed by atoms with Gasteiger partial charge in [-0.2, -0.15) is 0 Å². The molecule has 0 amide bonds. The number of hydrogen-bond donors (Lipinski definition) is 0. The summed E-state index contributed by atoms with van der Waals surface area (Å²) >= 11 is 1.73. The molecule has 0 saturated heterocycles. The zero-order chi connectivity index (χ0) is 15.3. The Kier molecular flexibility index (Phi) is 2.94. The van der Waals surface area contributed by atoms with Crippen molar-refractivity contribution in [1.29, 1.82) is 0 Å². The molecule has 0 atom stereocenters. The zero-order valence-electron chi connectivity index (χ0n) is 12.8. The lowest BCUT2D eigenvalue weighted by Gasteiger charge is -2.01. The van der Waals surface area contributed by atoms with Gasteiger partial charge in [0.15, 0.2) is 4.96 Å². The Morgan fingerprint density at radius 3 is 2.73 bits per heavy atom. The number of thiazole rings is 1. The van der Waals surface area contributed by atoms with Gasteiger partial charge in [-0.15, -0.1) is 0 Å². The fraction of sp³-hybridized carbons (Fsp3) is 0.167. The van der Waals surface area contributed by atoms with Gasteiger partial charge < -0.3 is 4.74 Å². The molecule has 0 aliphatic carbocycles. The summed E-state index contributed by atoms with van der Waals surface area (Å²) < 4.78 is 8.76. The summed E-state index contributed by atoms with van der Waals surface area (Å²) in [5, 5.41) is 0. The molecule has 0 saturated carbocycles. The number of methoxy groups -OCH3 is 1. The van der Waals surface area contributed by atoms with Gasteiger partial charge in [0, 0.05) is 11.8 Å². The van der Waals surface area contributed by atoms with Crippen LogP contribution < -0.4 is 4.74 Å². The van der Waals surface area contributed by atoms with Crippen LogP contribution in [-0.4, -0.2) is 16.5 Å². The van der Waals surface area contributed by atoms with E-state index in [4.69, 9.17) is 9.72 Å². The molecule has 0 N–H and O–H groups in total. The number of hydrogen-bond acceptors (Lipinski definition) is 3. The Labute approximate surface area is 132 Å². The van der Waals surface area contributed by atoms with Gasteiger partial charge in [-0.25, -0.2) is 4.98 Å². The molecular formula is C18H16N2OS. The molecular weight excluding hydrogens is 292 g/mol. The molecule has 0 radical (unpaired) electrons. The molecule has 0 fully saturated rings. The van der Waals surface area contributed by atoms with Crippen LogP contribution in [-0.2, 0) is 0 Å². The quantitative estimate of drug-likeness (QED) is 0.529. The van der Waals surface area contributed by atoms with Crippen LogP contribution in [0.1, 0.15) is 11.1 Å². The van der Waals surface area contributed by atoms with Gasteiger partial charge >= 0.3 is 0 Å². The number of nitrogens with zero attached hydrogens (tertiary/aromatic N) is 2. The molecule has 0 spiro atoms. The van der Waals surface area contributed by atoms with E-state index in [0.29, 0.717) is 0 Å². The number of aryl methyl sites for hydroxylation is 2. The van der Waals surface area contributed by atoms with Crippen molar-refractivity contribution in [2.24, 2.45) is 0 Å². The van der Waals surface area contributed by atoms with E-state index in [-0.39, 0.29) is 0 Å². The molecule has 0 aliphatic rings. The average molecular weight is 308 g/mol. The van der Waals surface area contributed by atoms with Crippen LogP contribution in [0.15, 0.2) is 42.6 Å². The van der Waals surface area contributed by atoms with Crippen LogP contribution in [0, 0.1) is 13.8 Å². The first kappa shape index (κ1) is 13.3. The van der Waals surface area contributed by atoms with Gasteiger partial charge in [0.05, 0.1) is 23.0 Å². The van der Waals surface area contributed by atoms with Gasteiger partial charge in [0.2, 0.25) is 0 Å². The van der Waals surface area contributed by atoms with Crippen molar-refractivity contribution in [3.63, 3.8) is 0 Å². The monoisotopic (exact) mass is 308 g/mol. The van der Waals surface area contributed by atoms with Gasteiger partial charge in [-0.05, 0) is 49.2 Å². The number of imidazole rings is 1. The highest BCUT2D eigenvalue weighted by atomic mass is 32.1. The van der Waals surface area contributed by atoms with Gasteiger partial charge in [0.1, 0.15) is 5.75 Å². The normalized spacial score (nSPS) is 11.4. The van der Waals surface area contributed by atoms with Crippen molar-refractivity contribution in [3.05, 3.63) is 53.7 Å². The van der Waals surface area contributed by atoms with E-state index in [1.165, 1.54) is 21.3 Å². The minimum absolute atomic E-state index is 0.852. The highest BCUT2D eigenvalue weighted by molar-refractivity contribution is 7.23. The lowest BCUT2D eigenvalue weighted by atomic mass is 10.1. The maximum Gasteiger partial charge on any atom is 0.195 e. The minimum atomic E-state index is 0.852. The van der Waals surface area contributed by atoms with Crippen LogP contribution in [0.4, 0.5) is 0 Å². The fourth-order valence-electron chi connectivity index (χ4n) is 2.67. The first-order valence-corrected chi connectivity index (χ1v) is 8.00. The van der Waals surface area contributed by atoms with Crippen molar-refractivity contribution in [2.75, 3.05) is 7.11 Å². The topological polar surface area (TPSA) is 26.5 Å². The van der Waals surface area contributed by atoms with E-state index in [9.17, 15) is 0 Å². The molecule has 2 aromatic heterocycles. The van der Waals surface area contributed by atoms with Crippen LogP contribution in [0.25, 0.3) is 26.4 Å². The molecule has 22 heavy (non-hydrogen) atoms. The van der Waals surface area contributed by atoms with Crippen LogP contribution in [0.2, 0.25) is 0 Å². The third-order valence-corrected chi connectivity index (χ3v) is 5.09. The van der Waals surface area contributed by atoms with Gasteiger partial charge in [-0.3, -0.25) is 4.40 Å². The first-order chi connectivity index (χ1) is 10.7. The van der Waals surface area contributed by atoms with Crippen molar-refractivity contribution in [3.8, 4) is 17.0 Å². The fourth-order valence-corrected chi connectivity index (χ4v) is 3.76. The van der Waals surface area contributed by atoms with E-state index in [1.54, 1.807) is 18.4 Å². The maximum atomic E-state index is 5.30. The van der Waals surface area contributed by atoms with E-state index in [0.717, 1.165) is 22.0 Å². The minimum Gasteiger partial charge on any atom is -0.497 e. The van der Waals surface area contributed by atoms with E-state index in [2.05, 4.69) is 42.6 Å². The number of benzene rings is 2. The summed E-state index contributed by atoms with van der Waals surface area (Å²) in [4.78, 5) is 5.81.